The van der Waals surface area contributed by atoms with Gasteiger partial charge in [0.2, 0.25) is 0 Å². The normalized spacial score (nSPS) is 21.2. The second-order valence-electron chi connectivity index (χ2n) is 9.94. The van der Waals surface area contributed by atoms with Crippen molar-refractivity contribution in [1.82, 2.24) is 15.3 Å². The molecule has 5 nitrogen and oxygen atoms in total. The fraction of sp³-hybridized carbons (Fsp3) is 0.429. The highest BCUT2D eigenvalue weighted by molar-refractivity contribution is 6.36. The van der Waals surface area contributed by atoms with E-state index in [1.807, 2.05) is 12.1 Å². The predicted octanol–water partition coefficient (Wildman–Crippen LogP) is 6.52. The molecule has 2 atom stereocenters. The van der Waals surface area contributed by atoms with Crippen LogP contribution in [0.5, 0.6) is 0 Å². The predicted molar refractivity (Wildman–Crippen MR) is 142 cm³/mol. The quantitative estimate of drug-likeness (QED) is 0.322. The number of nitrogens with one attached hydrogen (secondary N) is 2. The zero-order chi connectivity index (χ0) is 23.9. The Labute approximate surface area is 216 Å². The van der Waals surface area contributed by atoms with Crippen molar-refractivity contribution in [3.63, 3.8) is 0 Å². The molecule has 3 aliphatic rings. The Bertz CT molecular complexity index is 1240. The highest BCUT2D eigenvalue weighted by atomic mass is 35.5. The van der Waals surface area contributed by atoms with Crippen LogP contribution in [0.25, 0.3) is 11.3 Å². The van der Waals surface area contributed by atoms with Crippen LogP contribution in [-0.4, -0.2) is 36.3 Å². The molecule has 0 bridgehead atoms. The number of ether oxygens (including phenoxy) is 1. The number of benzene rings is 2. The highest BCUT2D eigenvalue weighted by Crippen LogP contribution is 2.49. The number of halogens is 2. The molecule has 35 heavy (non-hydrogen) atoms. The summed E-state index contributed by atoms with van der Waals surface area (Å²) in [6.45, 7) is 1.50. The molecule has 2 aromatic carbocycles. The van der Waals surface area contributed by atoms with E-state index in [-0.39, 0.29) is 12.1 Å². The Hall–Kier alpha value is -2.18. The molecule has 0 saturated heterocycles. The maximum Gasteiger partial charge on any atom is 0.148 e. The monoisotopic (exact) mass is 508 g/mol. The summed E-state index contributed by atoms with van der Waals surface area (Å²) in [4.78, 5) is 10.5. The minimum Gasteiger partial charge on any atom is -0.383 e. The maximum atomic E-state index is 6.64. The Morgan fingerprint density at radius 2 is 1.74 bits per heavy atom. The molecule has 0 amide bonds. The summed E-state index contributed by atoms with van der Waals surface area (Å²) in [5.74, 6) is 1.81. The molecule has 3 aromatic rings. The van der Waals surface area contributed by atoms with Gasteiger partial charge in [-0.2, -0.15) is 0 Å². The van der Waals surface area contributed by atoms with Crippen molar-refractivity contribution in [1.29, 1.82) is 0 Å². The highest BCUT2D eigenvalue weighted by Gasteiger charge is 2.37. The van der Waals surface area contributed by atoms with Crippen LogP contribution < -0.4 is 10.6 Å². The smallest absolute Gasteiger partial charge is 0.148 e. The summed E-state index contributed by atoms with van der Waals surface area (Å²) < 4.78 is 5.29. The number of rotatable bonds is 9. The zero-order valence-electron chi connectivity index (χ0n) is 19.9. The van der Waals surface area contributed by atoms with Crippen molar-refractivity contribution < 1.29 is 4.74 Å². The van der Waals surface area contributed by atoms with Gasteiger partial charge in [-0.1, -0.05) is 47.5 Å². The molecule has 0 unspecified atom stereocenters. The van der Waals surface area contributed by atoms with Gasteiger partial charge in [0.15, 0.2) is 0 Å². The van der Waals surface area contributed by atoms with Gasteiger partial charge in [0.25, 0.3) is 0 Å². The van der Waals surface area contributed by atoms with E-state index in [1.54, 1.807) is 13.2 Å². The zero-order valence-corrected chi connectivity index (χ0v) is 21.4. The lowest BCUT2D eigenvalue weighted by atomic mass is 10.0. The summed E-state index contributed by atoms with van der Waals surface area (Å²) >= 11 is 12.8. The Morgan fingerprint density at radius 1 is 0.971 bits per heavy atom. The first-order valence-corrected chi connectivity index (χ1v) is 13.3. The van der Waals surface area contributed by atoms with Gasteiger partial charge in [-0.15, -0.1) is 0 Å². The van der Waals surface area contributed by atoms with Crippen molar-refractivity contribution in [2.75, 3.05) is 25.6 Å². The van der Waals surface area contributed by atoms with E-state index in [9.17, 15) is 0 Å². The number of methoxy groups -OCH3 is 1. The molecule has 0 spiro atoms. The SMILES string of the molecule is COCCN[C@@H]1Cc2ccccc2[C@H]1Nc1nc(C2CC2)c(-c2ccc(Cl)cc2Cl)nc1C1CC1. The topological polar surface area (TPSA) is 59.1 Å². The van der Waals surface area contributed by atoms with E-state index in [0.29, 0.717) is 28.5 Å². The third kappa shape index (κ3) is 4.79. The largest absolute Gasteiger partial charge is 0.383 e. The molecule has 1 heterocycles. The molecule has 6 rings (SSSR count). The first-order valence-electron chi connectivity index (χ1n) is 12.6. The van der Waals surface area contributed by atoms with Crippen LogP contribution in [0.2, 0.25) is 10.0 Å². The average Bonchev–Trinajstić information content (AvgIpc) is 3.77. The summed E-state index contributed by atoms with van der Waals surface area (Å²) in [6, 6.07) is 14.8. The van der Waals surface area contributed by atoms with Crippen LogP contribution in [0.15, 0.2) is 42.5 Å². The first kappa shape index (κ1) is 23.2. The molecule has 2 saturated carbocycles. The number of anilines is 1. The van der Waals surface area contributed by atoms with Crippen molar-refractivity contribution in [2.24, 2.45) is 0 Å². The van der Waals surface area contributed by atoms with Crippen LogP contribution in [-0.2, 0) is 11.2 Å². The van der Waals surface area contributed by atoms with Crippen LogP contribution >= 0.6 is 23.2 Å². The summed E-state index contributed by atoms with van der Waals surface area (Å²) in [7, 11) is 1.74. The number of nitrogens with zero attached hydrogens (tertiary/aromatic N) is 2. The Balaban J connectivity index is 1.40. The van der Waals surface area contributed by atoms with Crippen molar-refractivity contribution in [2.45, 2.75) is 56.0 Å². The molecule has 0 aliphatic heterocycles. The molecular weight excluding hydrogens is 479 g/mol. The maximum absolute atomic E-state index is 6.64. The molecule has 182 valence electrons. The molecule has 1 aromatic heterocycles. The van der Waals surface area contributed by atoms with Crippen molar-refractivity contribution in [3.8, 4) is 11.3 Å². The first-order chi connectivity index (χ1) is 17.1. The van der Waals surface area contributed by atoms with Gasteiger partial charge in [0.05, 0.1) is 34.8 Å². The summed E-state index contributed by atoms with van der Waals surface area (Å²) in [5, 5.41) is 8.82. The number of fused-ring (bicyclic) bond motifs is 1. The van der Waals surface area contributed by atoms with E-state index in [1.165, 1.54) is 11.1 Å². The van der Waals surface area contributed by atoms with Gasteiger partial charge in [0.1, 0.15) is 5.82 Å². The van der Waals surface area contributed by atoms with Gasteiger partial charge in [-0.05, 0) is 61.4 Å². The molecule has 7 heteroatoms. The Morgan fingerprint density at radius 3 is 2.49 bits per heavy atom. The van der Waals surface area contributed by atoms with Crippen LogP contribution in [0.3, 0.4) is 0 Å². The van der Waals surface area contributed by atoms with Gasteiger partial charge in [-0.3, -0.25) is 0 Å². The molecule has 0 radical (unpaired) electrons. The van der Waals surface area contributed by atoms with Gasteiger partial charge < -0.3 is 15.4 Å². The van der Waals surface area contributed by atoms with E-state index >= 15 is 0 Å². The van der Waals surface area contributed by atoms with Crippen LogP contribution in [0, 0.1) is 0 Å². The fourth-order valence-electron chi connectivity index (χ4n) is 5.19. The molecule has 2 fully saturated rings. The number of hydrogen-bond acceptors (Lipinski definition) is 5. The minimum absolute atomic E-state index is 0.131. The second kappa shape index (κ2) is 9.70. The van der Waals surface area contributed by atoms with Crippen molar-refractivity contribution >= 4 is 29.0 Å². The fourth-order valence-corrected chi connectivity index (χ4v) is 5.69. The third-order valence-corrected chi connectivity index (χ3v) is 7.85. The lowest BCUT2D eigenvalue weighted by Gasteiger charge is -2.25. The lowest BCUT2D eigenvalue weighted by molar-refractivity contribution is 0.195. The number of aromatic nitrogens is 2. The molecule has 2 N–H and O–H groups in total. The van der Waals surface area contributed by atoms with E-state index in [0.717, 1.165) is 67.1 Å². The van der Waals surface area contributed by atoms with Gasteiger partial charge in [-0.25, -0.2) is 9.97 Å². The molecular formula is C28H30Cl2N4O. The van der Waals surface area contributed by atoms with Crippen LogP contribution in [0.4, 0.5) is 5.82 Å². The van der Waals surface area contributed by atoms with Crippen molar-refractivity contribution in [3.05, 3.63) is 75.0 Å². The van der Waals surface area contributed by atoms with E-state index < -0.39 is 0 Å². The lowest BCUT2D eigenvalue weighted by Crippen LogP contribution is -2.38. The van der Waals surface area contributed by atoms with Crippen LogP contribution in [0.1, 0.15) is 66.1 Å². The van der Waals surface area contributed by atoms with Gasteiger partial charge in [0, 0.05) is 42.1 Å². The van der Waals surface area contributed by atoms with E-state index in [4.69, 9.17) is 37.9 Å². The second-order valence-corrected chi connectivity index (χ2v) is 10.8. The Kier molecular flexibility index (Phi) is 6.44. The molecule has 3 aliphatic carbocycles. The van der Waals surface area contributed by atoms with Gasteiger partial charge >= 0.3 is 0 Å². The average molecular weight is 509 g/mol. The standard InChI is InChI=1S/C28H30Cl2N4O/c1-35-13-12-31-23-14-18-4-2-3-5-20(18)26(23)34-28-25(17-8-9-17)32-27(24(33-28)16-6-7-16)21-11-10-19(29)15-22(21)30/h2-5,10-11,15-17,23,26,31H,6-9,12-14H2,1H3,(H,33,34)/t23-,26-/m1/s1. The summed E-state index contributed by atoms with van der Waals surface area (Å²) in [6.07, 6.45) is 5.57. The van der Waals surface area contributed by atoms with E-state index in [2.05, 4.69) is 34.9 Å². The summed E-state index contributed by atoms with van der Waals surface area (Å²) in [5.41, 5.74) is 6.68. The number of hydrogen-bond donors (Lipinski definition) is 2. The third-order valence-electron chi connectivity index (χ3n) is 7.30. The minimum atomic E-state index is 0.131.